The lowest BCUT2D eigenvalue weighted by atomic mass is 9.80. The standard InChI is InChI=1S/C49H68N8O2/c1-34-11-6-7-13-36(29-34)43-20-17-37-31-40(19-22-44(37)55-54-43)59-33-38-18-21-45(42-16-9-8-15-41(38)42)52-48(58)53-47(32-46(50)49(2,3)4)51-39-14-10-12-35(30-39)23-24-57-27-25-56(5)26-28-57/h8-10,12,14-16,19,22,30-32,34,36-38,45H,6-7,11,13,17-18,20-21,23-29,33,50H2,1-5H3,(H2,51,52,53,58)/t34-,36?,37?,38?,45-/m0/s1. The van der Waals surface area contributed by atoms with Crippen LogP contribution in [-0.4, -0.2) is 79.5 Å². The van der Waals surface area contributed by atoms with E-state index in [0.29, 0.717) is 24.1 Å². The second kappa shape index (κ2) is 19.7. The molecule has 316 valence electrons. The summed E-state index contributed by atoms with van der Waals surface area (Å²) in [5.41, 5.74) is 13.6. The molecule has 5 aliphatic rings. The van der Waals surface area contributed by atoms with Crippen molar-refractivity contribution >= 4 is 29.0 Å². The number of fused-ring (bicyclic) bond motifs is 2. The first-order chi connectivity index (χ1) is 28.5. The molecule has 2 heterocycles. The van der Waals surface area contributed by atoms with Crippen molar-refractivity contribution in [3.8, 4) is 0 Å². The SMILES string of the molecule is C[C@H]1CCCCC(C2=NN=C3C=CC(OCC4CC[C@H](NC(=O)NC(C=C(N)C(C)(C)C)=Nc5cccc(CCN6CCN(C)CC6)c5)c5ccccc54)=CC3CC2)C1. The first-order valence-electron chi connectivity index (χ1n) is 22.4. The van der Waals surface area contributed by atoms with Crippen LogP contribution in [0.1, 0.15) is 114 Å². The van der Waals surface area contributed by atoms with Gasteiger partial charge in [-0.25, -0.2) is 9.79 Å². The van der Waals surface area contributed by atoms with Gasteiger partial charge in [-0.1, -0.05) is 83.4 Å². The summed E-state index contributed by atoms with van der Waals surface area (Å²) in [4.78, 5) is 23.6. The van der Waals surface area contributed by atoms with Crippen LogP contribution in [-0.2, 0) is 11.2 Å². The molecular weight excluding hydrogens is 733 g/mol. The largest absolute Gasteiger partial charge is 0.493 e. The zero-order chi connectivity index (χ0) is 41.4. The fourth-order valence-corrected chi connectivity index (χ4v) is 9.18. The minimum Gasteiger partial charge on any atom is -0.493 e. The predicted octanol–water partition coefficient (Wildman–Crippen LogP) is 9.21. The quantitative estimate of drug-likeness (QED) is 0.126. The monoisotopic (exact) mass is 801 g/mol. The summed E-state index contributed by atoms with van der Waals surface area (Å²) >= 11 is 0. The molecule has 3 unspecified atom stereocenters. The van der Waals surface area contributed by atoms with Crippen LogP contribution in [0.15, 0.2) is 99.5 Å². The van der Waals surface area contributed by atoms with Crippen molar-refractivity contribution in [2.45, 2.75) is 104 Å². The molecule has 1 saturated carbocycles. The van der Waals surface area contributed by atoms with Crippen molar-refractivity contribution in [1.29, 1.82) is 0 Å². The molecule has 10 heteroatoms. The number of allylic oxidation sites excluding steroid dienone is 4. The number of ether oxygens (including phenoxy) is 1. The minimum absolute atomic E-state index is 0.144. The van der Waals surface area contributed by atoms with Crippen LogP contribution >= 0.6 is 0 Å². The van der Waals surface area contributed by atoms with Gasteiger partial charge in [0.2, 0.25) is 0 Å². The zero-order valence-electron chi connectivity index (χ0n) is 36.3. The first-order valence-corrected chi connectivity index (χ1v) is 22.4. The Morgan fingerprint density at radius 3 is 2.58 bits per heavy atom. The third-order valence-electron chi connectivity index (χ3n) is 13.1. The number of urea groups is 1. The summed E-state index contributed by atoms with van der Waals surface area (Å²) in [5.74, 6) is 3.10. The molecule has 10 nitrogen and oxygen atoms in total. The van der Waals surface area contributed by atoms with Crippen molar-refractivity contribution < 1.29 is 9.53 Å². The van der Waals surface area contributed by atoms with Gasteiger partial charge < -0.3 is 25.6 Å². The molecule has 2 aromatic rings. The van der Waals surface area contributed by atoms with Gasteiger partial charge >= 0.3 is 6.03 Å². The number of carbonyl (C=O) groups is 1. The number of hydrogen-bond donors (Lipinski definition) is 3. The summed E-state index contributed by atoms with van der Waals surface area (Å²) in [7, 11) is 2.18. The summed E-state index contributed by atoms with van der Waals surface area (Å²) in [6, 6.07) is 16.3. The number of aliphatic imine (C=N–C) groups is 1. The number of rotatable bonds is 10. The third kappa shape index (κ3) is 11.8. The molecule has 2 aromatic carbocycles. The molecule has 0 bridgehead atoms. The molecule has 59 heavy (non-hydrogen) atoms. The van der Waals surface area contributed by atoms with Gasteiger partial charge in [0.25, 0.3) is 0 Å². The number of benzene rings is 2. The fourth-order valence-electron chi connectivity index (χ4n) is 9.18. The van der Waals surface area contributed by atoms with E-state index >= 15 is 0 Å². The van der Waals surface area contributed by atoms with Crippen LogP contribution in [0, 0.1) is 23.2 Å². The normalized spacial score (nSPS) is 26.0. The average molecular weight is 801 g/mol. The molecular formula is C49H68N8O2. The molecule has 7 rings (SSSR count). The molecule has 2 aliphatic heterocycles. The van der Waals surface area contributed by atoms with Gasteiger partial charge in [0.1, 0.15) is 11.6 Å². The fraction of sp³-hybridized carbons (Fsp3) is 0.551. The van der Waals surface area contributed by atoms with Crippen LogP contribution in [0.3, 0.4) is 0 Å². The highest BCUT2D eigenvalue weighted by Gasteiger charge is 2.30. The van der Waals surface area contributed by atoms with Crippen LogP contribution in [0.4, 0.5) is 10.5 Å². The summed E-state index contributed by atoms with van der Waals surface area (Å²) in [5, 5.41) is 15.9. The van der Waals surface area contributed by atoms with Gasteiger partial charge in [0, 0.05) is 67.5 Å². The summed E-state index contributed by atoms with van der Waals surface area (Å²) in [6.07, 6.45) is 19.3. The van der Waals surface area contributed by atoms with E-state index in [1.165, 1.54) is 48.9 Å². The van der Waals surface area contributed by atoms with E-state index in [2.05, 4.69) is 110 Å². The number of nitrogens with two attached hydrogens (primary N) is 1. The van der Waals surface area contributed by atoms with E-state index < -0.39 is 0 Å². The van der Waals surface area contributed by atoms with Crippen molar-refractivity contribution in [3.05, 3.63) is 101 Å². The van der Waals surface area contributed by atoms with Gasteiger partial charge in [-0.15, -0.1) is 0 Å². The highest BCUT2D eigenvalue weighted by molar-refractivity contribution is 6.05. The Morgan fingerprint density at radius 1 is 0.966 bits per heavy atom. The second-order valence-corrected chi connectivity index (χ2v) is 18.8. The Labute approximate surface area is 353 Å². The molecule has 0 aromatic heterocycles. The van der Waals surface area contributed by atoms with Crippen molar-refractivity contribution in [1.82, 2.24) is 20.4 Å². The molecule has 4 N–H and O–H groups in total. The topological polar surface area (TPSA) is 120 Å². The molecule has 0 radical (unpaired) electrons. The van der Waals surface area contributed by atoms with Crippen LogP contribution in [0.2, 0.25) is 0 Å². The third-order valence-corrected chi connectivity index (χ3v) is 13.1. The Kier molecular flexibility index (Phi) is 14.2. The van der Waals surface area contributed by atoms with E-state index in [4.69, 9.17) is 25.7 Å². The lowest BCUT2D eigenvalue weighted by molar-refractivity contribution is 0.155. The number of hydrogen-bond acceptors (Lipinski definition) is 8. The number of piperazine rings is 1. The smallest absolute Gasteiger partial charge is 0.320 e. The zero-order valence-corrected chi connectivity index (χ0v) is 36.3. The lowest BCUT2D eigenvalue weighted by Gasteiger charge is -2.32. The van der Waals surface area contributed by atoms with Gasteiger partial charge in [0.05, 0.1) is 24.0 Å². The molecule has 2 amide bonds. The Bertz CT molecular complexity index is 1960. The number of amidine groups is 1. The molecule has 5 atom stereocenters. The van der Waals surface area contributed by atoms with Crippen LogP contribution in [0.5, 0.6) is 0 Å². The maximum atomic E-state index is 13.8. The number of amides is 2. The van der Waals surface area contributed by atoms with Crippen LogP contribution in [0.25, 0.3) is 0 Å². The second-order valence-electron chi connectivity index (χ2n) is 18.8. The highest BCUT2D eigenvalue weighted by Crippen LogP contribution is 2.39. The highest BCUT2D eigenvalue weighted by atomic mass is 16.5. The number of nitrogens with one attached hydrogen (secondary N) is 2. The van der Waals surface area contributed by atoms with Gasteiger partial charge in [-0.2, -0.15) is 10.2 Å². The summed E-state index contributed by atoms with van der Waals surface area (Å²) < 4.78 is 6.54. The van der Waals surface area contributed by atoms with E-state index in [1.54, 1.807) is 6.08 Å². The summed E-state index contributed by atoms with van der Waals surface area (Å²) in [6.45, 7) is 14.6. The van der Waals surface area contributed by atoms with E-state index in [9.17, 15) is 4.79 Å². The van der Waals surface area contributed by atoms with Gasteiger partial charge in [-0.3, -0.25) is 5.32 Å². The van der Waals surface area contributed by atoms with Gasteiger partial charge in [0.15, 0.2) is 0 Å². The van der Waals surface area contributed by atoms with E-state index in [0.717, 1.165) is 93.5 Å². The number of likely N-dealkylation sites (N-methyl/N-ethyl adjacent to an activating group) is 1. The number of nitrogens with zero attached hydrogens (tertiary/aromatic N) is 5. The number of carbonyl (C=O) groups excluding carboxylic acids is 1. The molecule has 3 aliphatic carbocycles. The van der Waals surface area contributed by atoms with E-state index in [1.807, 2.05) is 12.1 Å². The maximum Gasteiger partial charge on any atom is 0.320 e. The Balaban J connectivity index is 0.968. The minimum atomic E-state index is -0.304. The van der Waals surface area contributed by atoms with Crippen molar-refractivity contribution in [2.24, 2.45) is 44.1 Å². The average Bonchev–Trinajstić information content (AvgIpc) is 3.57. The van der Waals surface area contributed by atoms with Crippen molar-refractivity contribution in [3.63, 3.8) is 0 Å². The Hall–Kier alpha value is -4.54. The molecule has 0 spiro atoms. The van der Waals surface area contributed by atoms with E-state index in [-0.39, 0.29) is 29.3 Å². The van der Waals surface area contributed by atoms with Crippen molar-refractivity contribution in [2.75, 3.05) is 46.4 Å². The van der Waals surface area contributed by atoms with Gasteiger partial charge in [-0.05, 0) is 111 Å². The Morgan fingerprint density at radius 2 is 1.76 bits per heavy atom. The predicted molar refractivity (Wildman–Crippen MR) is 242 cm³/mol. The molecule has 2 fully saturated rings. The maximum absolute atomic E-state index is 13.8. The lowest BCUT2D eigenvalue weighted by Crippen LogP contribution is -2.45. The van der Waals surface area contributed by atoms with Crippen LogP contribution < -0.4 is 16.4 Å². The molecule has 1 saturated heterocycles. The first kappa shape index (κ1) is 42.6.